The maximum Gasteiger partial charge on any atom is 0.149 e. The summed E-state index contributed by atoms with van der Waals surface area (Å²) in [7, 11) is 0. The fraction of sp³-hybridized carbons (Fsp3) is 0.145. The Morgan fingerprint density at radius 3 is 1.66 bits per heavy atom. The van der Waals surface area contributed by atoms with Crippen LogP contribution in [-0.4, -0.2) is 24.6 Å². The Morgan fingerprint density at radius 1 is 0.448 bits per heavy atom. The Kier molecular flexibility index (Phi) is 11.0. The lowest BCUT2D eigenvalue weighted by Gasteiger charge is -2.27. The van der Waals surface area contributed by atoms with Gasteiger partial charge >= 0.3 is 0 Å². The zero-order chi connectivity index (χ0) is 46.5. The molecule has 10 rings (SSSR count). The molecule has 0 fully saturated rings. The summed E-state index contributed by atoms with van der Waals surface area (Å²) in [5, 5.41) is 12.5. The number of imidazole rings is 1. The van der Waals surface area contributed by atoms with Gasteiger partial charge in [0.05, 0.1) is 28.7 Å². The molecule has 0 bridgehead atoms. The zero-order valence-electron chi connectivity index (χ0n) is 39.2. The van der Waals surface area contributed by atoms with Crippen molar-refractivity contribution in [2.24, 2.45) is 0 Å². The SMILES string of the molecule is Cc1cnc(-c2cc(-c3ccccc3)cc(-c3cncc4c3nc(-c3cc(C(C)(C)C)cc(C(C)(C)C)c3O)n4-c3ccccc3-c3ccccc3)c2)cc1-c1ccc(-c2ccccc2)cc1. The highest BCUT2D eigenvalue weighted by atomic mass is 16.3. The lowest BCUT2D eigenvalue weighted by atomic mass is 9.79. The molecule has 10 aromatic rings. The van der Waals surface area contributed by atoms with E-state index in [1.54, 1.807) is 0 Å². The molecule has 3 aromatic heterocycles. The standard InChI is InChI=1S/C62H54N4O/c1-40-37-64-55(36-51(40)45-29-27-43(28-30-45)41-19-11-8-12-20-41)48-32-46(42-21-13-9-14-22-42)31-47(33-48)53-38-63-39-57-58(53)65-60(52-34-49(61(2,3)4)35-54(59(52)67)62(5,6)7)66(57)56-26-18-17-25-50(56)44-23-15-10-16-24-44/h8-39,67H,1-7H3. The summed E-state index contributed by atoms with van der Waals surface area (Å²) in [5.74, 6) is 0.873. The second-order valence-corrected chi connectivity index (χ2v) is 19.6. The van der Waals surface area contributed by atoms with Crippen molar-refractivity contribution >= 4 is 11.0 Å². The van der Waals surface area contributed by atoms with Crippen LogP contribution in [0.15, 0.2) is 195 Å². The molecule has 7 aromatic carbocycles. The first-order chi connectivity index (χ1) is 32.3. The van der Waals surface area contributed by atoms with Crippen molar-refractivity contribution in [2.75, 3.05) is 0 Å². The largest absolute Gasteiger partial charge is 0.507 e. The second-order valence-electron chi connectivity index (χ2n) is 19.6. The van der Waals surface area contributed by atoms with Crippen molar-refractivity contribution in [1.82, 2.24) is 19.5 Å². The van der Waals surface area contributed by atoms with Crippen molar-refractivity contribution in [3.63, 3.8) is 0 Å². The van der Waals surface area contributed by atoms with E-state index in [0.29, 0.717) is 11.4 Å². The van der Waals surface area contributed by atoms with E-state index in [-0.39, 0.29) is 16.6 Å². The minimum Gasteiger partial charge on any atom is -0.507 e. The predicted octanol–water partition coefficient (Wildman–Crippen LogP) is 16.1. The number of nitrogens with zero attached hydrogens (tertiary/aromatic N) is 4. The van der Waals surface area contributed by atoms with Crippen LogP contribution in [0.25, 0.3) is 95.0 Å². The molecule has 0 saturated carbocycles. The van der Waals surface area contributed by atoms with E-state index in [0.717, 1.165) is 89.2 Å². The highest BCUT2D eigenvalue weighted by Gasteiger charge is 2.29. The monoisotopic (exact) mass is 870 g/mol. The molecule has 0 atom stereocenters. The van der Waals surface area contributed by atoms with E-state index in [4.69, 9.17) is 15.0 Å². The van der Waals surface area contributed by atoms with Crippen LogP contribution in [0.5, 0.6) is 5.75 Å². The van der Waals surface area contributed by atoms with Gasteiger partial charge in [0.25, 0.3) is 0 Å². The number of aromatic hydroxyl groups is 1. The molecule has 0 spiro atoms. The Hall–Kier alpha value is -7.89. The number of rotatable bonds is 8. The summed E-state index contributed by atoms with van der Waals surface area (Å²) in [4.78, 5) is 15.7. The Labute approximate surface area is 394 Å². The van der Waals surface area contributed by atoms with Gasteiger partial charge in [-0.25, -0.2) is 4.98 Å². The van der Waals surface area contributed by atoms with Gasteiger partial charge in [0.1, 0.15) is 17.1 Å². The molecule has 0 amide bonds. The van der Waals surface area contributed by atoms with Crippen LogP contribution >= 0.6 is 0 Å². The van der Waals surface area contributed by atoms with Gasteiger partial charge in [-0.2, -0.15) is 0 Å². The topological polar surface area (TPSA) is 63.8 Å². The van der Waals surface area contributed by atoms with Gasteiger partial charge in [-0.05, 0) is 110 Å². The van der Waals surface area contributed by atoms with Crippen LogP contribution in [0.4, 0.5) is 0 Å². The molecule has 67 heavy (non-hydrogen) atoms. The number of hydrogen-bond acceptors (Lipinski definition) is 4. The van der Waals surface area contributed by atoms with Gasteiger partial charge in [0.15, 0.2) is 0 Å². The number of fused-ring (bicyclic) bond motifs is 1. The van der Waals surface area contributed by atoms with E-state index in [1.165, 1.54) is 11.1 Å². The van der Waals surface area contributed by atoms with Crippen LogP contribution in [0.1, 0.15) is 58.2 Å². The summed E-state index contributed by atoms with van der Waals surface area (Å²) < 4.78 is 2.20. The van der Waals surface area contributed by atoms with Crippen molar-refractivity contribution in [3.8, 4) is 89.7 Å². The molecule has 0 saturated heterocycles. The first-order valence-corrected chi connectivity index (χ1v) is 23.1. The van der Waals surface area contributed by atoms with Crippen LogP contribution in [0.2, 0.25) is 0 Å². The van der Waals surface area contributed by atoms with E-state index in [9.17, 15) is 5.11 Å². The van der Waals surface area contributed by atoms with Gasteiger partial charge < -0.3 is 5.11 Å². The average Bonchev–Trinajstić information content (AvgIpc) is 3.74. The van der Waals surface area contributed by atoms with Crippen LogP contribution in [0, 0.1) is 6.92 Å². The van der Waals surface area contributed by atoms with E-state index in [1.807, 2.05) is 36.8 Å². The molecular formula is C62H54N4O. The number of benzene rings is 7. The fourth-order valence-corrected chi connectivity index (χ4v) is 9.16. The molecule has 3 heterocycles. The third-order valence-corrected chi connectivity index (χ3v) is 12.9. The van der Waals surface area contributed by atoms with Crippen molar-refractivity contribution in [3.05, 3.63) is 211 Å². The molecule has 5 heteroatoms. The minimum absolute atomic E-state index is 0.197. The number of hydrogen-bond donors (Lipinski definition) is 1. The molecule has 0 radical (unpaired) electrons. The maximum absolute atomic E-state index is 12.5. The molecular weight excluding hydrogens is 817 g/mol. The van der Waals surface area contributed by atoms with E-state index >= 15 is 0 Å². The van der Waals surface area contributed by atoms with Crippen LogP contribution in [0.3, 0.4) is 0 Å². The van der Waals surface area contributed by atoms with E-state index < -0.39 is 0 Å². The van der Waals surface area contributed by atoms with Crippen LogP contribution < -0.4 is 0 Å². The third-order valence-electron chi connectivity index (χ3n) is 12.9. The minimum atomic E-state index is -0.338. The maximum atomic E-state index is 12.5. The number of pyridine rings is 2. The number of aromatic nitrogens is 4. The number of para-hydroxylation sites is 1. The van der Waals surface area contributed by atoms with Crippen molar-refractivity contribution < 1.29 is 5.11 Å². The highest BCUT2D eigenvalue weighted by Crippen LogP contribution is 2.46. The van der Waals surface area contributed by atoms with Gasteiger partial charge in [-0.15, -0.1) is 0 Å². The molecule has 0 aliphatic rings. The lowest BCUT2D eigenvalue weighted by Crippen LogP contribution is -2.17. The first kappa shape index (κ1) is 43.0. The Balaban J connectivity index is 1.21. The average molecular weight is 871 g/mol. The Morgan fingerprint density at radius 2 is 1.00 bits per heavy atom. The summed E-state index contributed by atoms with van der Waals surface area (Å²) >= 11 is 0. The number of phenols is 1. The Bertz CT molecular complexity index is 3410. The first-order valence-electron chi connectivity index (χ1n) is 23.1. The molecule has 0 aliphatic heterocycles. The summed E-state index contributed by atoms with van der Waals surface area (Å²) in [6.45, 7) is 15.2. The molecule has 0 aliphatic carbocycles. The normalized spacial score (nSPS) is 11.9. The quantitative estimate of drug-likeness (QED) is 0.165. The number of aryl methyl sites for hydroxylation is 1. The third kappa shape index (κ3) is 8.34. The molecule has 328 valence electrons. The highest BCUT2D eigenvalue weighted by molar-refractivity contribution is 5.98. The molecule has 1 N–H and O–H groups in total. The van der Waals surface area contributed by atoms with Gasteiger partial charge in [-0.3, -0.25) is 14.5 Å². The zero-order valence-corrected chi connectivity index (χ0v) is 39.2. The van der Waals surface area contributed by atoms with E-state index in [2.05, 4.69) is 211 Å². The fourth-order valence-electron chi connectivity index (χ4n) is 9.16. The number of phenolic OH excluding ortho intramolecular Hbond substituents is 1. The lowest BCUT2D eigenvalue weighted by molar-refractivity contribution is 0.446. The predicted molar refractivity (Wildman–Crippen MR) is 279 cm³/mol. The van der Waals surface area contributed by atoms with Gasteiger partial charge in [0.2, 0.25) is 0 Å². The van der Waals surface area contributed by atoms with Crippen molar-refractivity contribution in [1.29, 1.82) is 0 Å². The molecule has 0 unspecified atom stereocenters. The van der Waals surface area contributed by atoms with Crippen LogP contribution in [-0.2, 0) is 10.8 Å². The summed E-state index contributed by atoms with van der Waals surface area (Å²) in [6.07, 6.45) is 5.81. The summed E-state index contributed by atoms with van der Waals surface area (Å²) in [6, 6.07) is 61.8. The summed E-state index contributed by atoms with van der Waals surface area (Å²) in [5.41, 5.74) is 18.4. The van der Waals surface area contributed by atoms with Crippen molar-refractivity contribution in [2.45, 2.75) is 59.3 Å². The van der Waals surface area contributed by atoms with Gasteiger partial charge in [-0.1, -0.05) is 181 Å². The van der Waals surface area contributed by atoms with Gasteiger partial charge in [0, 0.05) is 34.6 Å². The second kappa shape index (κ2) is 17.2. The molecule has 5 nitrogen and oxygen atoms in total. The smallest absolute Gasteiger partial charge is 0.149 e.